The fourth-order valence-electron chi connectivity index (χ4n) is 2.54. The quantitative estimate of drug-likeness (QED) is 0.189. The Hall–Kier alpha value is -0.980. The van der Waals surface area contributed by atoms with Crippen LogP contribution in [0, 0.1) is 11.6 Å². The maximum atomic E-state index is 13.6. The first-order chi connectivity index (χ1) is 11.4. The van der Waals surface area contributed by atoms with Gasteiger partial charge < -0.3 is 28.5 Å². The first-order valence-electron chi connectivity index (χ1n) is 8.01. The molecule has 0 aromatic heterocycles. The Kier molecular flexibility index (Phi) is 9.03. The summed E-state index contributed by atoms with van der Waals surface area (Å²) in [6, 6.07) is 13.4. The van der Waals surface area contributed by atoms with E-state index in [1.165, 1.54) is 24.3 Å². The number of hydrogen-bond acceptors (Lipinski definition) is 0. The van der Waals surface area contributed by atoms with Crippen LogP contribution < -0.4 is 24.0 Å². The first kappa shape index (κ1) is 22.1. The largest absolute Gasteiger partial charge is 1.00 e. The van der Waals surface area contributed by atoms with Crippen molar-refractivity contribution >= 4 is 17.2 Å². The molecule has 2 rings (SSSR count). The van der Waals surface area contributed by atoms with E-state index in [-0.39, 0.29) is 35.6 Å². The van der Waals surface area contributed by atoms with Crippen LogP contribution in [0.2, 0.25) is 0 Å². The Bertz CT molecular complexity index is 669. The average molecular weight is 478 g/mol. The van der Waals surface area contributed by atoms with Crippen LogP contribution in [0.5, 0.6) is 0 Å². The van der Waals surface area contributed by atoms with Crippen molar-refractivity contribution in [2.75, 3.05) is 26.6 Å². The molecule has 2 aromatic rings. The summed E-state index contributed by atoms with van der Waals surface area (Å²) in [5.41, 5.74) is 2.36. The third-order valence-corrected chi connectivity index (χ3v) is 4.56. The molecule has 0 spiro atoms. The van der Waals surface area contributed by atoms with Crippen molar-refractivity contribution in [3.8, 4) is 0 Å². The van der Waals surface area contributed by atoms with E-state index in [4.69, 9.17) is 11.6 Å². The molecule has 0 fully saturated rings. The molecule has 0 radical (unpaired) electrons. The van der Waals surface area contributed by atoms with Crippen LogP contribution >= 0.6 is 11.6 Å². The molecule has 0 N–H and O–H groups in total. The van der Waals surface area contributed by atoms with Crippen LogP contribution in [0.25, 0.3) is 5.57 Å². The molecule has 136 valence electrons. The standard InChI is InChI=1S/C20H23ClF2N.HI/c1-24(2,15-21)12-4-3-11-20(16-7-5-9-18(22)13-16)17-8-6-10-19(23)14-17;/h5-11,13-14H,3-4,12,15H2,1-2H3;1H/q+1;/p-1. The molecule has 0 saturated carbocycles. The van der Waals surface area contributed by atoms with Crippen molar-refractivity contribution < 1.29 is 37.2 Å². The molecule has 0 aliphatic heterocycles. The van der Waals surface area contributed by atoms with E-state index < -0.39 is 0 Å². The van der Waals surface area contributed by atoms with Gasteiger partial charge in [0.2, 0.25) is 0 Å². The van der Waals surface area contributed by atoms with Gasteiger partial charge in [0.25, 0.3) is 0 Å². The van der Waals surface area contributed by atoms with E-state index in [1.807, 2.05) is 12.1 Å². The number of rotatable bonds is 7. The third-order valence-electron chi connectivity index (χ3n) is 3.91. The van der Waals surface area contributed by atoms with Gasteiger partial charge in [-0.05, 0) is 47.4 Å². The Morgan fingerprint density at radius 2 is 1.52 bits per heavy atom. The van der Waals surface area contributed by atoms with Crippen LogP contribution in [0.3, 0.4) is 0 Å². The highest BCUT2D eigenvalue weighted by Gasteiger charge is 2.12. The summed E-state index contributed by atoms with van der Waals surface area (Å²) in [6.07, 6.45) is 3.83. The van der Waals surface area contributed by atoms with E-state index in [0.717, 1.165) is 40.6 Å². The van der Waals surface area contributed by atoms with Crippen LogP contribution in [-0.2, 0) is 0 Å². The molecular weight excluding hydrogens is 455 g/mol. The molecule has 0 aliphatic rings. The second kappa shape index (κ2) is 10.2. The molecular formula is C20H23ClF2IN. The summed E-state index contributed by atoms with van der Waals surface area (Å²) in [5.74, 6) is -0.593. The Labute approximate surface area is 170 Å². The van der Waals surface area contributed by atoms with E-state index >= 15 is 0 Å². The van der Waals surface area contributed by atoms with Crippen molar-refractivity contribution in [3.63, 3.8) is 0 Å². The number of nitrogens with zero attached hydrogens (tertiary/aromatic N) is 1. The fourth-order valence-corrected chi connectivity index (χ4v) is 2.66. The van der Waals surface area contributed by atoms with Gasteiger partial charge >= 0.3 is 0 Å². The van der Waals surface area contributed by atoms with Crippen molar-refractivity contribution in [3.05, 3.63) is 77.4 Å². The predicted molar refractivity (Wildman–Crippen MR) is 96.8 cm³/mol. The predicted octanol–water partition coefficient (Wildman–Crippen LogP) is 2.45. The van der Waals surface area contributed by atoms with Crippen molar-refractivity contribution in [2.45, 2.75) is 12.8 Å². The fraction of sp³-hybridized carbons (Fsp3) is 0.300. The molecule has 0 amide bonds. The maximum Gasteiger partial charge on any atom is 0.154 e. The summed E-state index contributed by atoms with van der Waals surface area (Å²) in [4.78, 5) is 0. The molecule has 0 unspecified atom stereocenters. The first-order valence-corrected chi connectivity index (χ1v) is 8.55. The Balaban J connectivity index is 0.00000312. The molecule has 1 nitrogen and oxygen atoms in total. The molecule has 5 heteroatoms. The van der Waals surface area contributed by atoms with Gasteiger partial charge in [-0.2, -0.15) is 0 Å². The SMILES string of the molecule is C[N+](C)(CCl)CCCC=C(c1cccc(F)c1)c1cccc(F)c1.[I-]. The summed E-state index contributed by atoms with van der Waals surface area (Å²) >= 11 is 5.93. The van der Waals surface area contributed by atoms with E-state index in [0.29, 0.717) is 6.00 Å². The summed E-state index contributed by atoms with van der Waals surface area (Å²) < 4.78 is 27.9. The van der Waals surface area contributed by atoms with Gasteiger partial charge in [-0.1, -0.05) is 41.9 Å². The maximum absolute atomic E-state index is 13.6. The normalized spacial score (nSPS) is 10.9. The lowest BCUT2D eigenvalue weighted by atomic mass is 9.96. The van der Waals surface area contributed by atoms with Crippen LogP contribution in [0.4, 0.5) is 8.78 Å². The number of benzene rings is 2. The minimum Gasteiger partial charge on any atom is -1.00 e. The molecule has 0 bridgehead atoms. The zero-order valence-electron chi connectivity index (χ0n) is 14.5. The van der Waals surface area contributed by atoms with Gasteiger partial charge in [0.1, 0.15) is 11.6 Å². The molecule has 0 atom stereocenters. The lowest BCUT2D eigenvalue weighted by molar-refractivity contribution is -0.879. The van der Waals surface area contributed by atoms with Gasteiger partial charge in [0.15, 0.2) is 6.00 Å². The number of quaternary nitrogens is 1. The Morgan fingerprint density at radius 3 is 1.96 bits per heavy atom. The minimum absolute atomic E-state index is 0. The number of allylic oxidation sites excluding steroid dienone is 1. The van der Waals surface area contributed by atoms with Gasteiger partial charge in [0.05, 0.1) is 20.6 Å². The van der Waals surface area contributed by atoms with Crippen LogP contribution in [-0.4, -0.2) is 31.1 Å². The number of unbranched alkanes of at least 4 members (excludes halogenated alkanes) is 1. The molecule has 0 saturated heterocycles. The Morgan fingerprint density at radius 1 is 1.00 bits per heavy atom. The number of alkyl halides is 1. The van der Waals surface area contributed by atoms with E-state index in [9.17, 15) is 8.78 Å². The smallest absolute Gasteiger partial charge is 0.154 e. The lowest BCUT2D eigenvalue weighted by Crippen LogP contribution is -3.00. The molecule has 25 heavy (non-hydrogen) atoms. The van der Waals surface area contributed by atoms with Gasteiger partial charge in [-0.25, -0.2) is 8.78 Å². The summed E-state index contributed by atoms with van der Waals surface area (Å²) in [7, 11) is 4.16. The molecule has 0 heterocycles. The van der Waals surface area contributed by atoms with Crippen molar-refractivity contribution in [1.29, 1.82) is 0 Å². The van der Waals surface area contributed by atoms with Crippen LogP contribution in [0.1, 0.15) is 24.0 Å². The summed E-state index contributed by atoms with van der Waals surface area (Å²) in [5, 5.41) is 0. The number of hydrogen-bond donors (Lipinski definition) is 0. The highest BCUT2D eigenvalue weighted by atomic mass is 127. The van der Waals surface area contributed by atoms with Gasteiger partial charge in [-0.3, -0.25) is 0 Å². The summed E-state index contributed by atoms with van der Waals surface area (Å²) in [6.45, 7) is 0.944. The monoisotopic (exact) mass is 477 g/mol. The molecule has 0 aliphatic carbocycles. The van der Waals surface area contributed by atoms with Gasteiger partial charge in [0, 0.05) is 6.42 Å². The third kappa shape index (κ3) is 7.04. The number of halogens is 4. The second-order valence-corrected chi connectivity index (χ2v) is 6.80. The second-order valence-electron chi connectivity index (χ2n) is 6.56. The van der Waals surface area contributed by atoms with E-state index in [1.54, 1.807) is 12.1 Å². The highest BCUT2D eigenvalue weighted by molar-refractivity contribution is 6.16. The lowest BCUT2D eigenvalue weighted by Gasteiger charge is -2.26. The van der Waals surface area contributed by atoms with Crippen molar-refractivity contribution in [1.82, 2.24) is 0 Å². The molecule has 2 aromatic carbocycles. The van der Waals surface area contributed by atoms with E-state index in [2.05, 4.69) is 20.2 Å². The van der Waals surface area contributed by atoms with Crippen LogP contribution in [0.15, 0.2) is 54.6 Å². The van der Waals surface area contributed by atoms with Crippen molar-refractivity contribution in [2.24, 2.45) is 0 Å². The minimum atomic E-state index is -0.297. The highest BCUT2D eigenvalue weighted by Crippen LogP contribution is 2.25. The van der Waals surface area contributed by atoms with Gasteiger partial charge in [-0.15, -0.1) is 0 Å². The zero-order chi connectivity index (χ0) is 17.6. The zero-order valence-corrected chi connectivity index (χ0v) is 17.4. The topological polar surface area (TPSA) is 0 Å². The average Bonchev–Trinajstić information content (AvgIpc) is 2.55.